The molecule has 0 unspecified atom stereocenters. The number of hydrogen-bond acceptors (Lipinski definition) is 5. The molecule has 190 valence electrons. The van der Waals surface area contributed by atoms with Gasteiger partial charge >= 0.3 is 5.97 Å². The van der Waals surface area contributed by atoms with Crippen molar-refractivity contribution in [3.05, 3.63) is 89.0 Å². The van der Waals surface area contributed by atoms with E-state index in [0.717, 1.165) is 39.4 Å². The molecule has 1 saturated heterocycles. The third-order valence-electron chi connectivity index (χ3n) is 7.00. The lowest BCUT2D eigenvalue weighted by atomic mass is 9.97. The minimum atomic E-state index is -0.303. The Labute approximate surface area is 221 Å². The van der Waals surface area contributed by atoms with Gasteiger partial charge in [-0.15, -0.1) is 0 Å². The zero-order valence-corrected chi connectivity index (χ0v) is 21.9. The zero-order valence-electron chi connectivity index (χ0n) is 21.1. The van der Waals surface area contributed by atoms with Crippen LogP contribution in [0.25, 0.3) is 0 Å². The second kappa shape index (κ2) is 10.8. The second-order valence-electron chi connectivity index (χ2n) is 9.44. The summed E-state index contributed by atoms with van der Waals surface area (Å²) in [5.41, 5.74) is 4.04. The van der Waals surface area contributed by atoms with Gasteiger partial charge in [0, 0.05) is 28.4 Å². The van der Waals surface area contributed by atoms with Crippen LogP contribution in [0.5, 0.6) is 0 Å². The summed E-state index contributed by atoms with van der Waals surface area (Å²) in [7, 11) is 0. The largest absolute Gasteiger partial charge is 0.466 e. The van der Waals surface area contributed by atoms with Crippen LogP contribution >= 0.6 is 11.8 Å². The van der Waals surface area contributed by atoms with E-state index in [2.05, 4.69) is 0 Å². The Hall–Kier alpha value is -3.58. The van der Waals surface area contributed by atoms with E-state index in [0.29, 0.717) is 37.4 Å². The van der Waals surface area contributed by atoms with Gasteiger partial charge in [0.2, 0.25) is 0 Å². The van der Waals surface area contributed by atoms with Gasteiger partial charge in [0.05, 0.1) is 30.3 Å². The van der Waals surface area contributed by atoms with Gasteiger partial charge in [0.25, 0.3) is 11.8 Å². The highest BCUT2D eigenvalue weighted by molar-refractivity contribution is 7.99. The predicted octanol–water partition coefficient (Wildman–Crippen LogP) is 5.72. The van der Waals surface area contributed by atoms with Crippen molar-refractivity contribution in [3.8, 4) is 0 Å². The summed E-state index contributed by atoms with van der Waals surface area (Å²) >= 11 is 1.54. The quantitative estimate of drug-likeness (QED) is 0.407. The summed E-state index contributed by atoms with van der Waals surface area (Å²) in [4.78, 5) is 45.1. The molecule has 1 atom stereocenters. The smallest absolute Gasteiger partial charge is 0.310 e. The van der Waals surface area contributed by atoms with Crippen LogP contribution in [-0.2, 0) is 16.1 Å². The van der Waals surface area contributed by atoms with Crippen LogP contribution in [0.4, 0.5) is 5.69 Å². The molecule has 0 aliphatic carbocycles. The van der Waals surface area contributed by atoms with Crippen LogP contribution in [0.15, 0.2) is 76.5 Å². The van der Waals surface area contributed by atoms with Crippen molar-refractivity contribution in [2.45, 2.75) is 43.0 Å². The van der Waals surface area contributed by atoms with Gasteiger partial charge in [-0.2, -0.15) is 0 Å². The first kappa shape index (κ1) is 25.1. The van der Waals surface area contributed by atoms with Gasteiger partial charge in [-0.1, -0.05) is 48.2 Å². The summed E-state index contributed by atoms with van der Waals surface area (Å²) < 4.78 is 5.20. The number of fused-ring (bicyclic) bond motifs is 2. The fourth-order valence-corrected chi connectivity index (χ4v) is 6.02. The molecule has 0 spiro atoms. The number of esters is 1. The maximum atomic E-state index is 13.8. The molecule has 3 aromatic carbocycles. The average Bonchev–Trinajstić information content (AvgIpc) is 3.03. The number of benzene rings is 3. The number of piperidine rings is 1. The molecular formula is C30H30N2O4S. The van der Waals surface area contributed by atoms with Crippen molar-refractivity contribution in [2.75, 3.05) is 24.6 Å². The monoisotopic (exact) mass is 514 g/mol. The maximum Gasteiger partial charge on any atom is 0.310 e. The van der Waals surface area contributed by atoms with Gasteiger partial charge < -0.3 is 14.5 Å². The molecule has 0 saturated carbocycles. The van der Waals surface area contributed by atoms with E-state index in [1.807, 2.05) is 73.7 Å². The van der Waals surface area contributed by atoms with Crippen LogP contribution < -0.4 is 4.90 Å². The molecule has 0 aromatic heterocycles. The van der Waals surface area contributed by atoms with Crippen molar-refractivity contribution in [3.63, 3.8) is 0 Å². The topological polar surface area (TPSA) is 66.9 Å². The first-order valence-corrected chi connectivity index (χ1v) is 13.5. The Bertz CT molecular complexity index is 1350. The van der Waals surface area contributed by atoms with Gasteiger partial charge in [0.15, 0.2) is 0 Å². The molecule has 2 aliphatic heterocycles. The number of ether oxygens (including phenoxy) is 1. The summed E-state index contributed by atoms with van der Waals surface area (Å²) in [5, 5.41) is 0. The van der Waals surface area contributed by atoms with Crippen LogP contribution in [0.3, 0.4) is 0 Å². The summed E-state index contributed by atoms with van der Waals surface area (Å²) in [6.45, 7) is 5.51. The first-order valence-electron chi connectivity index (χ1n) is 12.7. The summed E-state index contributed by atoms with van der Waals surface area (Å²) in [6.07, 6.45) is 1.48. The average molecular weight is 515 g/mol. The van der Waals surface area contributed by atoms with Gasteiger partial charge in [-0.3, -0.25) is 14.4 Å². The number of hydrogen-bond donors (Lipinski definition) is 0. The third-order valence-corrected chi connectivity index (χ3v) is 8.14. The van der Waals surface area contributed by atoms with Crippen molar-refractivity contribution >= 4 is 35.2 Å². The minimum Gasteiger partial charge on any atom is -0.466 e. The summed E-state index contributed by atoms with van der Waals surface area (Å²) in [6, 6.07) is 21.3. The van der Waals surface area contributed by atoms with E-state index in [9.17, 15) is 14.4 Å². The van der Waals surface area contributed by atoms with Crippen molar-refractivity contribution < 1.29 is 19.1 Å². The molecule has 7 heteroatoms. The Balaban J connectivity index is 1.50. The Morgan fingerprint density at radius 2 is 1.81 bits per heavy atom. The van der Waals surface area contributed by atoms with Crippen molar-refractivity contribution in [1.82, 2.24) is 4.90 Å². The molecule has 0 bridgehead atoms. The Morgan fingerprint density at radius 1 is 1.03 bits per heavy atom. The lowest BCUT2D eigenvalue weighted by Gasteiger charge is -2.32. The summed E-state index contributed by atoms with van der Waals surface area (Å²) in [5.74, 6) is -0.768. The molecule has 1 fully saturated rings. The maximum absolute atomic E-state index is 13.8. The number of carbonyl (C=O) groups excluding carboxylic acids is 3. The number of anilines is 1. The highest BCUT2D eigenvalue weighted by atomic mass is 32.2. The van der Waals surface area contributed by atoms with Crippen LogP contribution in [0.1, 0.15) is 51.6 Å². The van der Waals surface area contributed by atoms with Gasteiger partial charge in [0.1, 0.15) is 0 Å². The molecule has 0 N–H and O–H groups in total. The number of rotatable bonds is 5. The van der Waals surface area contributed by atoms with E-state index in [1.54, 1.807) is 28.5 Å². The van der Waals surface area contributed by atoms with Crippen molar-refractivity contribution in [2.24, 2.45) is 5.92 Å². The van der Waals surface area contributed by atoms with Crippen molar-refractivity contribution in [1.29, 1.82) is 0 Å². The first-order chi connectivity index (χ1) is 18.0. The zero-order chi connectivity index (χ0) is 25.9. The SMILES string of the molecule is CCOC(=O)[C@H]1CCCN(C(=O)c2ccc3c(c2)N(Cc2ccccc2C)C(=O)c2ccccc2S3)C1. The van der Waals surface area contributed by atoms with E-state index in [1.165, 1.54) is 0 Å². The van der Waals surface area contributed by atoms with Gasteiger partial charge in [-0.25, -0.2) is 0 Å². The van der Waals surface area contributed by atoms with E-state index in [4.69, 9.17) is 4.74 Å². The van der Waals surface area contributed by atoms with E-state index >= 15 is 0 Å². The van der Waals surface area contributed by atoms with E-state index < -0.39 is 0 Å². The highest BCUT2D eigenvalue weighted by Gasteiger charge is 2.32. The molecule has 2 heterocycles. The van der Waals surface area contributed by atoms with Gasteiger partial charge in [-0.05, 0) is 68.1 Å². The van der Waals surface area contributed by atoms with Crippen LogP contribution in [-0.4, -0.2) is 42.4 Å². The van der Waals surface area contributed by atoms with E-state index in [-0.39, 0.29) is 23.7 Å². The molecule has 3 aromatic rings. The molecule has 2 amide bonds. The number of amides is 2. The second-order valence-corrected chi connectivity index (χ2v) is 10.5. The molecule has 37 heavy (non-hydrogen) atoms. The molecule has 2 aliphatic rings. The number of carbonyl (C=O) groups is 3. The molecule has 6 nitrogen and oxygen atoms in total. The Morgan fingerprint density at radius 3 is 2.62 bits per heavy atom. The Kier molecular flexibility index (Phi) is 7.33. The van der Waals surface area contributed by atoms with Crippen LogP contribution in [0, 0.1) is 12.8 Å². The lowest BCUT2D eigenvalue weighted by Crippen LogP contribution is -2.42. The highest BCUT2D eigenvalue weighted by Crippen LogP contribution is 2.42. The normalized spacial score (nSPS) is 17.0. The predicted molar refractivity (Wildman–Crippen MR) is 144 cm³/mol. The number of aryl methyl sites for hydroxylation is 1. The minimum absolute atomic E-state index is 0.0879. The fraction of sp³-hybridized carbons (Fsp3) is 0.300. The fourth-order valence-electron chi connectivity index (χ4n) is 4.96. The van der Waals surface area contributed by atoms with Crippen LogP contribution in [0.2, 0.25) is 0 Å². The molecule has 0 radical (unpaired) electrons. The standard InChI is InChI=1S/C30H30N2O4S/c1-3-36-30(35)23-11-8-16-31(18-23)28(33)21-14-15-27-25(17-21)32(19-22-10-5-4-9-20(22)2)29(34)24-12-6-7-13-26(24)37-27/h4-7,9-10,12-15,17,23H,3,8,11,16,18-19H2,1-2H3/t23-/m0/s1. The lowest BCUT2D eigenvalue weighted by molar-refractivity contribution is -0.149. The third kappa shape index (κ3) is 5.14. The molecule has 5 rings (SSSR count). The number of nitrogens with zero attached hydrogens (tertiary/aromatic N) is 2. The molecular weight excluding hydrogens is 484 g/mol. The number of likely N-dealkylation sites (tertiary alicyclic amines) is 1.